The summed E-state index contributed by atoms with van der Waals surface area (Å²) in [5.74, 6) is -0.385. The van der Waals surface area contributed by atoms with Crippen molar-refractivity contribution in [2.45, 2.75) is 12.8 Å². The topological polar surface area (TPSA) is 0 Å². The second-order valence-corrected chi connectivity index (χ2v) is 5.41. The fraction of sp³-hybridized carbons (Fsp3) is 0.0909. The molecule has 2 aromatic rings. The van der Waals surface area contributed by atoms with Crippen LogP contribution in [0.2, 0.25) is 0 Å². The molecule has 5 heteroatoms. The Morgan fingerprint density at radius 1 is 0.667 bits per heavy atom. The first-order valence-corrected chi connectivity index (χ1v) is 7.79. The van der Waals surface area contributed by atoms with Crippen molar-refractivity contribution in [2.24, 2.45) is 0 Å². The molecule has 0 saturated carbocycles. The molecule has 0 N–H and O–H groups in total. The summed E-state index contributed by atoms with van der Waals surface area (Å²) in [5, 5.41) is 0. The van der Waals surface area contributed by atoms with Gasteiger partial charge in [0.1, 0.15) is 11.6 Å². The van der Waals surface area contributed by atoms with Crippen molar-refractivity contribution in [3.8, 4) is 0 Å². The van der Waals surface area contributed by atoms with Crippen LogP contribution >= 0.6 is 0 Å². The first-order chi connectivity index (χ1) is 11.7. The summed E-state index contributed by atoms with van der Waals surface area (Å²) >= 11 is 0. The Balaban J connectivity index is 0.000000451. The summed E-state index contributed by atoms with van der Waals surface area (Å²) in [6.07, 6.45) is 15.9. The van der Waals surface area contributed by atoms with Crippen molar-refractivity contribution in [3.05, 3.63) is 108 Å². The summed E-state index contributed by atoms with van der Waals surface area (Å²) in [4.78, 5) is 0. The molecule has 0 nitrogen and oxygen atoms in total. The molecule has 0 bridgehead atoms. The largest absolute Gasteiger partial charge is 4.00 e. The molecule has 0 aromatic heterocycles. The Bertz CT molecular complexity index is 783. The zero-order valence-electron chi connectivity index (χ0n) is 14.4. The molecule has 2 aliphatic carbocycles. The van der Waals surface area contributed by atoms with Crippen LogP contribution in [0.25, 0.3) is 11.1 Å². The van der Waals surface area contributed by atoms with E-state index in [9.17, 15) is 8.78 Å². The van der Waals surface area contributed by atoms with E-state index in [-0.39, 0.29) is 62.3 Å². The van der Waals surface area contributed by atoms with Crippen LogP contribution in [0.5, 0.6) is 0 Å². The third-order valence-electron chi connectivity index (χ3n) is 3.66. The molecule has 0 aliphatic heterocycles. The zero-order valence-corrected chi connectivity index (χ0v) is 19.5. The summed E-state index contributed by atoms with van der Waals surface area (Å²) in [6, 6.07) is 13.2. The maximum Gasteiger partial charge on any atom is 4.00 e. The third kappa shape index (κ3) is 7.69. The van der Waals surface area contributed by atoms with Crippen molar-refractivity contribution in [1.29, 1.82) is 0 Å². The number of rotatable bonds is 2. The number of benzene rings is 2. The van der Waals surface area contributed by atoms with E-state index in [1.165, 1.54) is 24.3 Å². The van der Waals surface area contributed by atoms with Crippen LogP contribution in [0.4, 0.5) is 8.78 Å². The molecule has 0 unspecified atom stereocenters. The Hall–Kier alpha value is -1.29. The minimum atomic E-state index is -0.192. The van der Waals surface area contributed by atoms with Gasteiger partial charge >= 0.3 is 25.8 Å². The molecule has 136 valence electrons. The van der Waals surface area contributed by atoms with Crippen LogP contribution in [-0.2, 0) is 25.8 Å². The molecule has 4 rings (SSSR count). The van der Waals surface area contributed by atoms with Crippen LogP contribution < -0.4 is 24.8 Å². The van der Waals surface area contributed by atoms with E-state index in [4.69, 9.17) is 0 Å². The maximum atomic E-state index is 12.8. The average molecular weight is 568 g/mol. The zero-order chi connectivity index (χ0) is 16.8. The monoisotopic (exact) mass is 568 g/mol. The number of allylic oxidation sites excluding steroid dienone is 8. The molecule has 0 heterocycles. The van der Waals surface area contributed by atoms with Crippen LogP contribution in [0.15, 0.2) is 72.8 Å². The van der Waals surface area contributed by atoms with Gasteiger partial charge in [0, 0.05) is 0 Å². The second kappa shape index (κ2) is 13.0. The van der Waals surface area contributed by atoms with E-state index >= 15 is 0 Å². The van der Waals surface area contributed by atoms with Crippen molar-refractivity contribution < 1.29 is 59.4 Å². The minimum Gasteiger partial charge on any atom is -1.00 e. The average Bonchev–Trinajstić information content (AvgIpc) is 3.29. The maximum absolute atomic E-state index is 12.8. The van der Waals surface area contributed by atoms with Gasteiger partial charge in [-0.3, -0.25) is 0 Å². The normalized spacial score (nSPS) is 13.3. The molecular formula is C22H16Cl2F2Hf. The van der Waals surface area contributed by atoms with E-state index < -0.39 is 0 Å². The summed E-state index contributed by atoms with van der Waals surface area (Å²) in [6.45, 7) is 0. The number of halogens is 4. The fourth-order valence-electron chi connectivity index (χ4n) is 2.52. The van der Waals surface area contributed by atoms with Crippen molar-refractivity contribution in [3.63, 3.8) is 0 Å². The second-order valence-electron chi connectivity index (χ2n) is 5.41. The molecular weight excluding hydrogens is 552 g/mol. The number of hydrogen-bond acceptors (Lipinski definition) is 0. The van der Waals surface area contributed by atoms with E-state index in [1.807, 2.05) is 36.4 Å². The Morgan fingerprint density at radius 2 is 1.07 bits per heavy atom. The van der Waals surface area contributed by atoms with Crippen LogP contribution in [0, 0.1) is 23.8 Å². The summed E-state index contributed by atoms with van der Waals surface area (Å²) in [7, 11) is 0. The van der Waals surface area contributed by atoms with Gasteiger partial charge in [0.15, 0.2) is 0 Å². The van der Waals surface area contributed by atoms with E-state index in [1.54, 1.807) is 12.1 Å². The SMILES string of the molecule is Fc1cccc(C2=[C-]CC=C2)c1.Fc1cccc(C2=[C-]CC=C2)c1.[Cl-].[Cl-].[Hf+4]. The van der Waals surface area contributed by atoms with E-state index in [0.29, 0.717) is 0 Å². The van der Waals surface area contributed by atoms with E-state index in [0.717, 1.165) is 35.1 Å². The Kier molecular flexibility index (Phi) is 12.4. The van der Waals surface area contributed by atoms with Crippen molar-refractivity contribution >= 4 is 11.1 Å². The molecule has 0 spiro atoms. The third-order valence-corrected chi connectivity index (χ3v) is 3.66. The molecule has 0 atom stereocenters. The Morgan fingerprint density at radius 3 is 1.37 bits per heavy atom. The van der Waals surface area contributed by atoms with Crippen LogP contribution in [0.3, 0.4) is 0 Å². The fourth-order valence-corrected chi connectivity index (χ4v) is 2.52. The number of hydrogen-bond donors (Lipinski definition) is 0. The first-order valence-electron chi connectivity index (χ1n) is 7.79. The van der Waals surface area contributed by atoms with Gasteiger partial charge in [0.25, 0.3) is 0 Å². The standard InChI is InChI=1S/2C11H8F.2ClH.Hf/c2*12-11-7-3-6-10(8-11)9-4-1-2-5-9;;;/h2*1,3-4,6-8H,2H2;2*1H;/q2*-1;;;+4/p-2. The van der Waals surface area contributed by atoms with Gasteiger partial charge in [0.05, 0.1) is 0 Å². The molecule has 2 aliphatic rings. The van der Waals surface area contributed by atoms with E-state index in [2.05, 4.69) is 12.2 Å². The Labute approximate surface area is 190 Å². The van der Waals surface area contributed by atoms with Crippen LogP contribution in [0.1, 0.15) is 24.0 Å². The molecule has 2 aromatic carbocycles. The molecule has 0 fully saturated rings. The predicted octanol–water partition coefficient (Wildman–Crippen LogP) is -0.0501. The van der Waals surface area contributed by atoms with Gasteiger partial charge in [-0.05, 0) is 12.1 Å². The summed E-state index contributed by atoms with van der Waals surface area (Å²) < 4.78 is 25.5. The van der Waals surface area contributed by atoms with Crippen molar-refractivity contribution in [2.75, 3.05) is 0 Å². The summed E-state index contributed by atoms with van der Waals surface area (Å²) in [5.41, 5.74) is 3.80. The quantitative estimate of drug-likeness (QED) is 0.353. The van der Waals surface area contributed by atoms with Gasteiger partial charge in [-0.15, -0.1) is 35.4 Å². The minimum absolute atomic E-state index is 0. The molecule has 0 amide bonds. The van der Waals surface area contributed by atoms with Gasteiger partial charge in [0.2, 0.25) is 0 Å². The van der Waals surface area contributed by atoms with Gasteiger partial charge in [-0.25, -0.2) is 8.78 Å². The van der Waals surface area contributed by atoms with Gasteiger partial charge in [-0.2, -0.15) is 35.5 Å². The van der Waals surface area contributed by atoms with Crippen LogP contribution in [-0.4, -0.2) is 0 Å². The van der Waals surface area contributed by atoms with Gasteiger partial charge < -0.3 is 24.8 Å². The molecule has 27 heavy (non-hydrogen) atoms. The molecule has 0 saturated heterocycles. The van der Waals surface area contributed by atoms with Crippen molar-refractivity contribution in [1.82, 2.24) is 0 Å². The predicted molar refractivity (Wildman–Crippen MR) is 93.6 cm³/mol. The smallest absolute Gasteiger partial charge is 1.00 e. The molecule has 0 radical (unpaired) electrons. The first kappa shape index (κ1) is 25.7. The van der Waals surface area contributed by atoms with Gasteiger partial charge in [-0.1, -0.05) is 37.1 Å².